The summed E-state index contributed by atoms with van der Waals surface area (Å²) in [6.45, 7) is 4.01. The summed E-state index contributed by atoms with van der Waals surface area (Å²) in [4.78, 5) is 54.7. The van der Waals surface area contributed by atoms with Crippen LogP contribution in [-0.2, 0) is 37.9 Å². The Balaban J connectivity index is 4.47. The van der Waals surface area contributed by atoms with Crippen LogP contribution >= 0.6 is 19.4 Å². The molecule has 0 unspecified atom stereocenters. The number of carbonyl (C=O) groups excluding carboxylic acids is 3. The van der Waals surface area contributed by atoms with Crippen LogP contribution in [0, 0.1) is 0 Å². The first-order chi connectivity index (χ1) is 25.3. The number of amides is 1. The van der Waals surface area contributed by atoms with Gasteiger partial charge < -0.3 is 39.8 Å². The second-order valence-electron chi connectivity index (χ2n) is 13.6. The van der Waals surface area contributed by atoms with E-state index < -0.39 is 44.3 Å². The molecule has 0 saturated heterocycles. The molecule has 0 saturated carbocycles. The van der Waals surface area contributed by atoms with Gasteiger partial charge in [0, 0.05) is 37.3 Å². The molecule has 12 nitrogen and oxygen atoms in total. The number of nitrogens with one attached hydrogen (secondary N) is 1. The number of hydrogen-bond acceptors (Lipinski definition) is 10. The fourth-order valence-electron chi connectivity index (χ4n) is 5.22. The Labute approximate surface area is 321 Å². The Morgan fingerprint density at radius 1 is 0.717 bits per heavy atom. The van der Waals surface area contributed by atoms with Crippen LogP contribution in [0.15, 0.2) is 0 Å². The molecule has 0 aromatic carbocycles. The highest BCUT2D eigenvalue weighted by molar-refractivity contribution is 7.99. The number of thioether (sulfide) groups is 1. The summed E-state index contributed by atoms with van der Waals surface area (Å²) in [5.41, 5.74) is 1.90. The molecule has 16 heteroatoms. The first-order valence-corrected chi connectivity index (χ1v) is 22.7. The van der Waals surface area contributed by atoms with Gasteiger partial charge in [-0.15, -0.1) is 0 Å². The van der Waals surface area contributed by atoms with Gasteiger partial charge in [0.2, 0.25) is 5.91 Å². The summed E-state index contributed by atoms with van der Waals surface area (Å²) in [5.74, 6) is -0.523. The number of nitrogens with two attached hydrogens (primary N) is 1. The molecule has 314 valence electrons. The second kappa shape index (κ2) is 33.9. The SMILES string of the molecule is CCCCCCCCCCCC(=O)OC[C@H](CSC[C@H](N)C(=O)NCCOCCOCCC(F)(F)P(=O)(O)O)OC(=O)CCCCCCCCCCC. The zero-order valence-electron chi connectivity index (χ0n) is 32.5. The molecule has 2 atom stereocenters. The molecule has 0 radical (unpaired) electrons. The van der Waals surface area contributed by atoms with Gasteiger partial charge in [0.25, 0.3) is 0 Å². The molecule has 0 aliphatic rings. The first kappa shape index (κ1) is 51.6. The Hall–Kier alpha value is -1.35. The Morgan fingerprint density at radius 3 is 1.70 bits per heavy atom. The van der Waals surface area contributed by atoms with Gasteiger partial charge in [-0.25, -0.2) is 0 Å². The van der Waals surface area contributed by atoms with Crippen LogP contribution in [0.4, 0.5) is 8.78 Å². The second-order valence-corrected chi connectivity index (χ2v) is 16.4. The van der Waals surface area contributed by atoms with E-state index in [0.717, 1.165) is 38.5 Å². The number of hydrogen-bond donors (Lipinski definition) is 4. The molecule has 0 aromatic rings. The smallest absolute Gasteiger partial charge is 0.394 e. The molecule has 53 heavy (non-hydrogen) atoms. The molecular weight excluding hydrogens is 733 g/mol. The van der Waals surface area contributed by atoms with E-state index in [1.807, 2.05) is 0 Å². The van der Waals surface area contributed by atoms with Crippen LogP contribution in [0.25, 0.3) is 0 Å². The van der Waals surface area contributed by atoms with Crippen LogP contribution in [0.3, 0.4) is 0 Å². The highest BCUT2D eigenvalue weighted by Crippen LogP contribution is 2.54. The minimum Gasteiger partial charge on any atom is -0.462 e. The maximum Gasteiger partial charge on any atom is 0.394 e. The van der Waals surface area contributed by atoms with Crippen molar-refractivity contribution in [2.24, 2.45) is 5.73 Å². The van der Waals surface area contributed by atoms with E-state index in [1.54, 1.807) is 0 Å². The number of unbranched alkanes of at least 4 members (excludes halogenated alkanes) is 16. The van der Waals surface area contributed by atoms with Gasteiger partial charge in [-0.3, -0.25) is 18.9 Å². The monoisotopic (exact) mass is 804 g/mol. The normalized spacial score (nSPS) is 13.1. The number of rotatable bonds is 38. The zero-order valence-corrected chi connectivity index (χ0v) is 34.2. The third-order valence-corrected chi connectivity index (χ3v) is 10.8. The molecule has 5 N–H and O–H groups in total. The van der Waals surface area contributed by atoms with E-state index >= 15 is 0 Å². The van der Waals surface area contributed by atoms with Gasteiger partial charge in [-0.2, -0.15) is 20.5 Å². The van der Waals surface area contributed by atoms with Gasteiger partial charge in [0.15, 0.2) is 0 Å². The van der Waals surface area contributed by atoms with Crippen molar-refractivity contribution in [1.82, 2.24) is 5.32 Å². The lowest BCUT2D eigenvalue weighted by molar-refractivity contribution is -0.157. The van der Waals surface area contributed by atoms with E-state index in [4.69, 9.17) is 34.5 Å². The summed E-state index contributed by atoms with van der Waals surface area (Å²) in [6, 6.07) is -0.855. The van der Waals surface area contributed by atoms with Crippen molar-refractivity contribution in [3.05, 3.63) is 0 Å². The maximum absolute atomic E-state index is 13.2. The van der Waals surface area contributed by atoms with Crippen molar-refractivity contribution < 1.29 is 56.5 Å². The number of ether oxygens (including phenoxy) is 4. The van der Waals surface area contributed by atoms with E-state index in [9.17, 15) is 27.7 Å². The highest BCUT2D eigenvalue weighted by atomic mass is 32.2. The van der Waals surface area contributed by atoms with E-state index in [2.05, 4.69) is 19.2 Å². The van der Waals surface area contributed by atoms with Crippen molar-refractivity contribution in [3.63, 3.8) is 0 Å². The minimum atomic E-state index is -5.54. The van der Waals surface area contributed by atoms with E-state index in [0.29, 0.717) is 18.6 Å². The summed E-state index contributed by atoms with van der Waals surface area (Å²) >= 11 is 1.32. The molecule has 1 amide bonds. The predicted octanol–water partition coefficient (Wildman–Crippen LogP) is 7.65. The quantitative estimate of drug-likeness (QED) is 0.0272. The van der Waals surface area contributed by atoms with Gasteiger partial charge in [0.1, 0.15) is 12.7 Å². The Bertz CT molecular complexity index is 980. The Kier molecular flexibility index (Phi) is 33.1. The molecule has 0 bridgehead atoms. The highest BCUT2D eigenvalue weighted by Gasteiger charge is 2.48. The molecular formula is C37H71F2N2O10PS. The first-order valence-electron chi connectivity index (χ1n) is 19.9. The van der Waals surface area contributed by atoms with Crippen molar-refractivity contribution in [2.45, 2.75) is 166 Å². The summed E-state index contributed by atoms with van der Waals surface area (Å²) in [7, 11) is -5.54. The van der Waals surface area contributed by atoms with Crippen molar-refractivity contribution in [1.29, 1.82) is 0 Å². The minimum absolute atomic E-state index is 0.0300. The number of esters is 2. The molecule has 0 heterocycles. The molecule has 0 rings (SSSR count). The molecule has 0 aromatic heterocycles. The fraction of sp³-hybridized carbons (Fsp3) is 0.919. The largest absolute Gasteiger partial charge is 0.462 e. The predicted molar refractivity (Wildman–Crippen MR) is 206 cm³/mol. The van der Waals surface area contributed by atoms with Gasteiger partial charge in [0.05, 0.1) is 32.5 Å². The van der Waals surface area contributed by atoms with Crippen LogP contribution in [0.5, 0.6) is 0 Å². The third-order valence-electron chi connectivity index (χ3n) is 8.53. The molecule has 0 fully saturated rings. The topological polar surface area (TPSA) is 184 Å². The number of alkyl halides is 2. The standard InChI is InChI=1S/C37H71F2N2O10PS/c1-3-5-7-9-11-13-15-17-19-21-34(42)50-29-32(51-35(43)22-20-18-16-14-12-10-8-6-4-2)30-53-31-33(40)36(44)41-24-26-49-28-27-48-25-23-37(38,39)52(45,46)47/h32-33H,3-31,40H2,1-2H3,(H,41,44)(H2,45,46,47)/t32-,33+/m1/s1. The van der Waals surface area contributed by atoms with E-state index in [-0.39, 0.29) is 50.7 Å². The zero-order chi connectivity index (χ0) is 39.6. The molecule has 0 spiro atoms. The summed E-state index contributed by atoms with van der Waals surface area (Å²) in [5, 5.41) is 2.64. The van der Waals surface area contributed by atoms with Crippen molar-refractivity contribution >= 4 is 37.2 Å². The maximum atomic E-state index is 13.2. The molecule has 0 aliphatic carbocycles. The molecule has 0 aliphatic heterocycles. The average Bonchev–Trinajstić information content (AvgIpc) is 3.10. The van der Waals surface area contributed by atoms with Crippen LogP contribution in [0.2, 0.25) is 0 Å². The van der Waals surface area contributed by atoms with Crippen molar-refractivity contribution in [2.75, 3.05) is 51.1 Å². The van der Waals surface area contributed by atoms with Gasteiger partial charge in [-0.05, 0) is 12.8 Å². The third kappa shape index (κ3) is 31.5. The lowest BCUT2D eigenvalue weighted by Crippen LogP contribution is -2.43. The Morgan fingerprint density at radius 2 is 1.19 bits per heavy atom. The average molecular weight is 805 g/mol. The van der Waals surface area contributed by atoms with Crippen LogP contribution in [-0.4, -0.2) is 96.5 Å². The summed E-state index contributed by atoms with van der Waals surface area (Å²) in [6.07, 6.45) is 19.4. The number of carbonyl (C=O) groups is 3. The lowest BCUT2D eigenvalue weighted by atomic mass is 10.1. The van der Waals surface area contributed by atoms with Gasteiger partial charge in [-0.1, -0.05) is 117 Å². The van der Waals surface area contributed by atoms with Crippen LogP contribution in [0.1, 0.15) is 149 Å². The lowest BCUT2D eigenvalue weighted by Gasteiger charge is -2.19. The number of halogens is 2. The van der Waals surface area contributed by atoms with Crippen LogP contribution < -0.4 is 11.1 Å². The van der Waals surface area contributed by atoms with Gasteiger partial charge >= 0.3 is 25.2 Å². The summed E-state index contributed by atoms with van der Waals surface area (Å²) < 4.78 is 58.5. The van der Waals surface area contributed by atoms with Crippen molar-refractivity contribution in [3.8, 4) is 0 Å². The fourth-order valence-corrected chi connectivity index (χ4v) is 6.57. The van der Waals surface area contributed by atoms with E-state index in [1.165, 1.54) is 88.8 Å².